The lowest BCUT2D eigenvalue weighted by atomic mass is 9.94. The van der Waals surface area contributed by atoms with E-state index >= 15 is 0 Å². The molecule has 1 atom stereocenters. The number of carboxylic acids is 1. The van der Waals surface area contributed by atoms with Crippen LogP contribution in [0.5, 0.6) is 0 Å². The van der Waals surface area contributed by atoms with Crippen molar-refractivity contribution in [3.63, 3.8) is 0 Å². The molecule has 0 aromatic carbocycles. The SMILES string of the molecule is CCCCC(c1ccc(C)cn1)N1CCC(C(=O)O)CC1. The number of piperidine rings is 1. The van der Waals surface area contributed by atoms with Gasteiger partial charge in [-0.05, 0) is 50.9 Å². The minimum Gasteiger partial charge on any atom is -0.481 e. The molecule has 1 unspecified atom stereocenters. The molecule has 1 aromatic heterocycles. The number of hydrogen-bond donors (Lipinski definition) is 1. The predicted molar refractivity (Wildman–Crippen MR) is 83.2 cm³/mol. The average Bonchev–Trinajstić information content (AvgIpc) is 2.50. The van der Waals surface area contributed by atoms with Crippen molar-refractivity contribution in [2.75, 3.05) is 13.1 Å². The van der Waals surface area contributed by atoms with Crippen molar-refractivity contribution in [3.8, 4) is 0 Å². The quantitative estimate of drug-likeness (QED) is 0.872. The molecule has 4 nitrogen and oxygen atoms in total. The summed E-state index contributed by atoms with van der Waals surface area (Å²) < 4.78 is 0. The van der Waals surface area contributed by atoms with Gasteiger partial charge in [0.05, 0.1) is 17.7 Å². The number of carbonyl (C=O) groups is 1. The second-order valence-corrected chi connectivity index (χ2v) is 6.07. The van der Waals surface area contributed by atoms with Gasteiger partial charge in [0, 0.05) is 6.20 Å². The number of aryl methyl sites for hydroxylation is 1. The molecule has 0 amide bonds. The topological polar surface area (TPSA) is 53.4 Å². The molecule has 1 saturated heterocycles. The predicted octanol–water partition coefficient (Wildman–Crippen LogP) is 3.42. The molecule has 1 aliphatic rings. The summed E-state index contributed by atoms with van der Waals surface area (Å²) >= 11 is 0. The molecular formula is C17H26N2O2. The molecule has 116 valence electrons. The number of aromatic nitrogens is 1. The van der Waals surface area contributed by atoms with Crippen LogP contribution in [0.4, 0.5) is 0 Å². The molecule has 2 rings (SSSR count). The Morgan fingerprint density at radius 3 is 2.67 bits per heavy atom. The van der Waals surface area contributed by atoms with Gasteiger partial charge in [0.25, 0.3) is 0 Å². The zero-order valence-electron chi connectivity index (χ0n) is 13.1. The van der Waals surface area contributed by atoms with Crippen molar-refractivity contribution in [1.29, 1.82) is 0 Å². The summed E-state index contributed by atoms with van der Waals surface area (Å²) in [5.74, 6) is -0.813. The molecular weight excluding hydrogens is 264 g/mol. The third kappa shape index (κ3) is 4.27. The molecule has 2 heterocycles. The van der Waals surface area contributed by atoms with E-state index in [1.165, 1.54) is 18.4 Å². The number of likely N-dealkylation sites (tertiary alicyclic amines) is 1. The van der Waals surface area contributed by atoms with Gasteiger partial charge < -0.3 is 5.11 Å². The average molecular weight is 290 g/mol. The Kier molecular flexibility index (Phi) is 5.74. The Morgan fingerprint density at radius 2 is 2.14 bits per heavy atom. The van der Waals surface area contributed by atoms with Crippen LogP contribution in [0, 0.1) is 12.8 Å². The third-order valence-corrected chi connectivity index (χ3v) is 4.43. The summed E-state index contributed by atoms with van der Waals surface area (Å²) in [4.78, 5) is 18.1. The second-order valence-electron chi connectivity index (χ2n) is 6.07. The van der Waals surface area contributed by atoms with Crippen LogP contribution in [0.2, 0.25) is 0 Å². The first kappa shape index (κ1) is 16.0. The van der Waals surface area contributed by atoms with Gasteiger partial charge in [0.1, 0.15) is 0 Å². The van der Waals surface area contributed by atoms with Gasteiger partial charge in [-0.15, -0.1) is 0 Å². The fourth-order valence-electron chi connectivity index (χ4n) is 3.05. The maximum absolute atomic E-state index is 11.1. The molecule has 1 N–H and O–H groups in total. The molecule has 0 aliphatic carbocycles. The molecule has 1 aromatic rings. The monoisotopic (exact) mass is 290 g/mol. The molecule has 0 bridgehead atoms. The minimum atomic E-state index is -0.645. The van der Waals surface area contributed by atoms with Crippen LogP contribution in [0.25, 0.3) is 0 Å². The first-order valence-electron chi connectivity index (χ1n) is 8.01. The maximum atomic E-state index is 11.1. The van der Waals surface area contributed by atoms with E-state index in [9.17, 15) is 4.79 Å². The van der Waals surface area contributed by atoms with Crippen LogP contribution in [-0.4, -0.2) is 34.0 Å². The van der Waals surface area contributed by atoms with E-state index in [1.807, 2.05) is 6.20 Å². The van der Waals surface area contributed by atoms with Gasteiger partial charge in [-0.2, -0.15) is 0 Å². The number of unbranched alkanes of at least 4 members (excludes halogenated alkanes) is 1. The van der Waals surface area contributed by atoms with Gasteiger partial charge in [-0.25, -0.2) is 0 Å². The molecule has 21 heavy (non-hydrogen) atoms. The Hall–Kier alpha value is -1.42. The fourth-order valence-corrected chi connectivity index (χ4v) is 3.05. The summed E-state index contributed by atoms with van der Waals surface area (Å²) in [6, 6.07) is 4.57. The van der Waals surface area contributed by atoms with Crippen molar-refractivity contribution >= 4 is 5.97 Å². The number of hydrogen-bond acceptors (Lipinski definition) is 3. The maximum Gasteiger partial charge on any atom is 0.306 e. The van der Waals surface area contributed by atoms with Crippen LogP contribution in [-0.2, 0) is 4.79 Å². The van der Waals surface area contributed by atoms with Crippen LogP contribution >= 0.6 is 0 Å². The van der Waals surface area contributed by atoms with Gasteiger partial charge in [-0.1, -0.05) is 25.8 Å². The van der Waals surface area contributed by atoms with E-state index in [4.69, 9.17) is 5.11 Å². The Bertz CT molecular complexity index is 450. The summed E-state index contributed by atoms with van der Waals surface area (Å²) in [6.07, 6.45) is 6.89. The van der Waals surface area contributed by atoms with E-state index in [2.05, 4.69) is 35.9 Å². The van der Waals surface area contributed by atoms with Gasteiger partial charge >= 0.3 is 5.97 Å². The number of aliphatic carboxylic acids is 1. The lowest BCUT2D eigenvalue weighted by molar-refractivity contribution is -0.143. The molecule has 1 aliphatic heterocycles. The Morgan fingerprint density at radius 1 is 1.43 bits per heavy atom. The summed E-state index contributed by atoms with van der Waals surface area (Å²) in [7, 11) is 0. The molecule has 4 heteroatoms. The Labute approximate surface area is 127 Å². The van der Waals surface area contributed by atoms with E-state index in [-0.39, 0.29) is 5.92 Å². The molecule has 0 spiro atoms. The molecule has 0 radical (unpaired) electrons. The highest BCUT2D eigenvalue weighted by atomic mass is 16.4. The highest BCUT2D eigenvalue weighted by Gasteiger charge is 2.29. The minimum absolute atomic E-state index is 0.168. The van der Waals surface area contributed by atoms with Crippen LogP contribution < -0.4 is 0 Å². The third-order valence-electron chi connectivity index (χ3n) is 4.43. The van der Waals surface area contributed by atoms with Crippen molar-refractivity contribution in [1.82, 2.24) is 9.88 Å². The number of carboxylic acid groups (broad SMARTS) is 1. The van der Waals surface area contributed by atoms with Crippen molar-refractivity contribution < 1.29 is 9.90 Å². The zero-order chi connectivity index (χ0) is 15.2. The zero-order valence-corrected chi connectivity index (χ0v) is 13.1. The van der Waals surface area contributed by atoms with E-state index in [1.54, 1.807) is 0 Å². The highest BCUT2D eigenvalue weighted by molar-refractivity contribution is 5.70. The van der Waals surface area contributed by atoms with E-state index in [0.29, 0.717) is 6.04 Å². The lowest BCUT2D eigenvalue weighted by Gasteiger charge is -2.36. The normalized spacial score (nSPS) is 18.6. The van der Waals surface area contributed by atoms with Crippen molar-refractivity contribution in [2.24, 2.45) is 5.92 Å². The number of rotatable bonds is 6. The van der Waals surface area contributed by atoms with Gasteiger partial charge in [0.15, 0.2) is 0 Å². The fraction of sp³-hybridized carbons (Fsp3) is 0.647. The summed E-state index contributed by atoms with van der Waals surface area (Å²) in [6.45, 7) is 5.98. The van der Waals surface area contributed by atoms with Gasteiger partial charge in [-0.3, -0.25) is 14.7 Å². The first-order chi connectivity index (χ1) is 10.1. The molecule has 1 fully saturated rings. The second kappa shape index (κ2) is 7.55. The van der Waals surface area contributed by atoms with Crippen molar-refractivity contribution in [3.05, 3.63) is 29.6 Å². The van der Waals surface area contributed by atoms with Crippen LogP contribution in [0.1, 0.15) is 56.3 Å². The van der Waals surface area contributed by atoms with Crippen LogP contribution in [0.15, 0.2) is 18.3 Å². The first-order valence-corrected chi connectivity index (χ1v) is 8.01. The smallest absolute Gasteiger partial charge is 0.306 e. The molecule has 0 saturated carbocycles. The summed E-state index contributed by atoms with van der Waals surface area (Å²) in [5.41, 5.74) is 2.31. The van der Waals surface area contributed by atoms with Gasteiger partial charge in [0.2, 0.25) is 0 Å². The Balaban J connectivity index is 2.06. The summed E-state index contributed by atoms with van der Waals surface area (Å²) in [5, 5.41) is 9.12. The number of pyridine rings is 1. The van der Waals surface area contributed by atoms with Crippen molar-refractivity contribution in [2.45, 2.75) is 52.0 Å². The number of nitrogens with zero attached hydrogens (tertiary/aromatic N) is 2. The highest BCUT2D eigenvalue weighted by Crippen LogP contribution is 2.29. The van der Waals surface area contributed by atoms with Crippen LogP contribution in [0.3, 0.4) is 0 Å². The lowest BCUT2D eigenvalue weighted by Crippen LogP contribution is -2.39. The van der Waals surface area contributed by atoms with E-state index < -0.39 is 5.97 Å². The van der Waals surface area contributed by atoms with E-state index in [0.717, 1.165) is 38.0 Å². The standard InChI is InChI=1S/C17H26N2O2/c1-3-4-5-16(15-7-6-13(2)12-18-15)19-10-8-14(9-11-19)17(20)21/h6-7,12,14,16H,3-5,8-11H2,1-2H3,(H,20,21). The largest absolute Gasteiger partial charge is 0.481 e.